The summed E-state index contributed by atoms with van der Waals surface area (Å²) >= 11 is 1.75. The quantitative estimate of drug-likeness (QED) is 0.783. The number of nitrogens with one attached hydrogen (secondary N) is 1. The molecule has 100 valence electrons. The van der Waals surface area contributed by atoms with Crippen LogP contribution < -0.4 is 5.32 Å². The summed E-state index contributed by atoms with van der Waals surface area (Å²) in [6.07, 6.45) is 4.47. The average molecular weight is 272 g/mol. The lowest BCUT2D eigenvalue weighted by Gasteiger charge is -2.20. The van der Waals surface area contributed by atoms with Crippen LogP contribution in [-0.4, -0.2) is 46.3 Å². The van der Waals surface area contributed by atoms with E-state index in [9.17, 15) is 9.59 Å². The summed E-state index contributed by atoms with van der Waals surface area (Å²) in [5.74, 6) is -1.39. The van der Waals surface area contributed by atoms with E-state index in [1.807, 2.05) is 6.26 Å². The molecule has 2 N–H and O–H groups in total. The van der Waals surface area contributed by atoms with Crippen molar-refractivity contribution in [2.75, 3.05) is 6.26 Å². The van der Waals surface area contributed by atoms with Crippen LogP contribution in [0, 0.1) is 0 Å². The molecule has 1 aliphatic carbocycles. The molecule has 1 aliphatic heterocycles. The van der Waals surface area contributed by atoms with Gasteiger partial charge in [0, 0.05) is 17.7 Å². The van der Waals surface area contributed by atoms with E-state index in [2.05, 4.69) is 10.5 Å². The molecule has 1 saturated carbocycles. The summed E-state index contributed by atoms with van der Waals surface area (Å²) in [6.45, 7) is 0. The number of amides is 1. The first-order chi connectivity index (χ1) is 8.61. The van der Waals surface area contributed by atoms with Crippen molar-refractivity contribution in [2.24, 2.45) is 5.16 Å². The first-order valence-electron chi connectivity index (χ1n) is 5.91. The van der Waals surface area contributed by atoms with Gasteiger partial charge in [0.25, 0.3) is 5.91 Å². The van der Waals surface area contributed by atoms with E-state index < -0.39 is 12.1 Å². The van der Waals surface area contributed by atoms with Gasteiger partial charge in [0.15, 0.2) is 5.71 Å². The molecule has 1 heterocycles. The van der Waals surface area contributed by atoms with Crippen molar-refractivity contribution < 1.29 is 19.5 Å². The molecule has 18 heavy (non-hydrogen) atoms. The Balaban J connectivity index is 1.85. The fraction of sp³-hybridized carbons (Fsp3) is 0.727. The molecule has 2 aliphatic rings. The summed E-state index contributed by atoms with van der Waals surface area (Å²) in [5.41, 5.74) is -0.0945. The lowest BCUT2D eigenvalue weighted by Crippen LogP contribution is -2.44. The highest BCUT2D eigenvalue weighted by Gasteiger charge is 2.35. The van der Waals surface area contributed by atoms with E-state index in [0.717, 1.165) is 19.3 Å². The van der Waals surface area contributed by atoms with E-state index in [1.54, 1.807) is 11.8 Å². The standard InChI is InChI=1S/C11H16N2O4S/c1-18-9-4-2-3-6(9)12-10(14)8-5-7(11(15)16)13-17-8/h6,8-9H,2-5H2,1H3,(H,12,14)(H,15,16). The number of rotatable bonds is 4. The Bertz CT molecular complexity index is 385. The Morgan fingerprint density at radius 2 is 2.28 bits per heavy atom. The minimum absolute atomic E-state index is 0.0395. The van der Waals surface area contributed by atoms with E-state index >= 15 is 0 Å². The highest BCUT2D eigenvalue weighted by Crippen LogP contribution is 2.28. The molecule has 0 aromatic rings. The van der Waals surface area contributed by atoms with Crippen molar-refractivity contribution in [1.82, 2.24) is 5.32 Å². The van der Waals surface area contributed by atoms with Crippen LogP contribution in [0.2, 0.25) is 0 Å². The average Bonchev–Trinajstić information content (AvgIpc) is 2.96. The van der Waals surface area contributed by atoms with Crippen LogP contribution in [0.3, 0.4) is 0 Å². The first kappa shape index (κ1) is 13.2. The molecule has 3 atom stereocenters. The number of hydrogen-bond donors (Lipinski definition) is 2. The summed E-state index contributed by atoms with van der Waals surface area (Å²) in [4.78, 5) is 27.4. The Hall–Kier alpha value is -1.24. The maximum absolute atomic E-state index is 11.9. The highest BCUT2D eigenvalue weighted by atomic mass is 32.2. The molecular weight excluding hydrogens is 256 g/mol. The number of thioether (sulfide) groups is 1. The van der Waals surface area contributed by atoms with Gasteiger partial charge in [-0.05, 0) is 19.1 Å². The predicted molar refractivity (Wildman–Crippen MR) is 67.6 cm³/mol. The zero-order valence-corrected chi connectivity index (χ0v) is 10.9. The number of carbonyl (C=O) groups excluding carboxylic acids is 1. The third kappa shape index (κ3) is 2.77. The van der Waals surface area contributed by atoms with Crippen LogP contribution in [-0.2, 0) is 14.4 Å². The molecule has 1 amide bonds. The van der Waals surface area contributed by atoms with Gasteiger partial charge in [0.2, 0.25) is 6.10 Å². The monoisotopic (exact) mass is 272 g/mol. The molecule has 0 saturated heterocycles. The molecule has 0 spiro atoms. The van der Waals surface area contributed by atoms with Crippen LogP contribution in [0.5, 0.6) is 0 Å². The molecule has 3 unspecified atom stereocenters. The van der Waals surface area contributed by atoms with Crippen LogP contribution >= 0.6 is 11.8 Å². The molecule has 2 rings (SSSR count). The molecule has 6 nitrogen and oxygen atoms in total. The van der Waals surface area contributed by atoms with Crippen LogP contribution in [0.1, 0.15) is 25.7 Å². The maximum Gasteiger partial charge on any atom is 0.353 e. The van der Waals surface area contributed by atoms with Crippen molar-refractivity contribution in [2.45, 2.75) is 43.1 Å². The van der Waals surface area contributed by atoms with Crippen molar-refractivity contribution in [3.8, 4) is 0 Å². The number of oxime groups is 1. The van der Waals surface area contributed by atoms with Crippen molar-refractivity contribution in [3.63, 3.8) is 0 Å². The maximum atomic E-state index is 11.9. The zero-order valence-electron chi connectivity index (χ0n) is 10.1. The second kappa shape index (κ2) is 5.60. The molecule has 1 fully saturated rings. The molecular formula is C11H16N2O4S. The van der Waals surface area contributed by atoms with Gasteiger partial charge in [0.05, 0.1) is 0 Å². The van der Waals surface area contributed by atoms with Crippen LogP contribution in [0.25, 0.3) is 0 Å². The van der Waals surface area contributed by atoms with Gasteiger partial charge < -0.3 is 15.3 Å². The topological polar surface area (TPSA) is 88.0 Å². The lowest BCUT2D eigenvalue weighted by atomic mass is 10.1. The molecule has 0 aromatic heterocycles. The number of hydrogen-bond acceptors (Lipinski definition) is 5. The summed E-state index contributed by atoms with van der Waals surface area (Å²) in [5, 5.41) is 15.5. The van der Waals surface area contributed by atoms with E-state index in [0.29, 0.717) is 5.25 Å². The van der Waals surface area contributed by atoms with Crippen LogP contribution in [0.15, 0.2) is 5.16 Å². The molecule has 0 bridgehead atoms. The van der Waals surface area contributed by atoms with E-state index in [4.69, 9.17) is 9.94 Å². The second-order valence-corrected chi connectivity index (χ2v) is 5.54. The van der Waals surface area contributed by atoms with Crippen molar-refractivity contribution in [1.29, 1.82) is 0 Å². The number of nitrogens with zero attached hydrogens (tertiary/aromatic N) is 1. The third-order valence-electron chi connectivity index (χ3n) is 3.29. The number of carboxylic acids is 1. The summed E-state index contributed by atoms with van der Waals surface area (Å²) in [6, 6.07) is 0.157. The largest absolute Gasteiger partial charge is 0.477 e. The van der Waals surface area contributed by atoms with Gasteiger partial charge in [0.1, 0.15) is 0 Å². The van der Waals surface area contributed by atoms with E-state index in [1.165, 1.54) is 0 Å². The minimum Gasteiger partial charge on any atom is -0.477 e. The Kier molecular flexibility index (Phi) is 4.11. The number of carbonyl (C=O) groups is 2. The van der Waals surface area contributed by atoms with Gasteiger partial charge in [-0.1, -0.05) is 11.6 Å². The number of aliphatic carboxylic acids is 1. The fourth-order valence-corrected chi connectivity index (χ4v) is 3.23. The minimum atomic E-state index is -1.13. The Labute approximate surface area is 109 Å². The van der Waals surface area contributed by atoms with Crippen molar-refractivity contribution >= 4 is 29.4 Å². The fourth-order valence-electron chi connectivity index (χ4n) is 2.29. The van der Waals surface area contributed by atoms with Crippen LogP contribution in [0.4, 0.5) is 0 Å². The number of carboxylic acid groups (broad SMARTS) is 1. The zero-order chi connectivity index (χ0) is 13.1. The van der Waals surface area contributed by atoms with Crippen molar-refractivity contribution in [3.05, 3.63) is 0 Å². The Morgan fingerprint density at radius 3 is 2.89 bits per heavy atom. The molecule has 0 radical (unpaired) electrons. The van der Waals surface area contributed by atoms with Gasteiger partial charge >= 0.3 is 5.97 Å². The summed E-state index contributed by atoms with van der Waals surface area (Å²) < 4.78 is 0. The first-order valence-corrected chi connectivity index (χ1v) is 7.19. The molecule has 0 aromatic carbocycles. The highest BCUT2D eigenvalue weighted by molar-refractivity contribution is 7.99. The SMILES string of the molecule is CSC1CCCC1NC(=O)C1CC(C(=O)O)=NO1. The Morgan fingerprint density at radius 1 is 1.50 bits per heavy atom. The predicted octanol–water partition coefficient (Wildman–Crippen LogP) is 0.616. The van der Waals surface area contributed by atoms with E-state index in [-0.39, 0.29) is 24.1 Å². The lowest BCUT2D eigenvalue weighted by molar-refractivity contribution is -0.131. The van der Waals surface area contributed by atoms with Gasteiger partial charge in [-0.25, -0.2) is 4.79 Å². The normalized spacial score (nSPS) is 30.7. The summed E-state index contributed by atoms with van der Waals surface area (Å²) in [7, 11) is 0. The van der Waals surface area contributed by atoms with Gasteiger partial charge in [-0.2, -0.15) is 11.8 Å². The van der Waals surface area contributed by atoms with Gasteiger partial charge in [-0.3, -0.25) is 4.79 Å². The van der Waals surface area contributed by atoms with Gasteiger partial charge in [-0.15, -0.1) is 0 Å². The molecule has 7 heteroatoms. The second-order valence-electron chi connectivity index (χ2n) is 4.46. The smallest absolute Gasteiger partial charge is 0.353 e. The third-order valence-corrected chi connectivity index (χ3v) is 4.46.